The molecular formula is C32H30N8O21S7. The lowest BCUT2D eigenvalue weighted by Gasteiger charge is -2.11. The predicted molar refractivity (Wildman–Crippen MR) is 233 cm³/mol. The Kier molecular flexibility index (Phi) is 15.3. The minimum atomic E-state index is -5.28. The van der Waals surface area contributed by atoms with E-state index in [-0.39, 0.29) is 32.7 Å². The van der Waals surface area contributed by atoms with Crippen LogP contribution in [0.1, 0.15) is 0 Å². The number of anilines is 2. The van der Waals surface area contributed by atoms with E-state index in [2.05, 4.69) is 39.1 Å². The standard InChI is InChI=1S/C32H30N8O21S7/c33-30-27(17-29(66(51,52)53)31(34)32(30)40-35-18-1-3-19(4-2-18)62(41,42)13-11-60-67(54,55)56)39-36-24-9-10-25(23-15-21(64(45,46)47)5-7-22(23)24)37-38-26-8-6-20(16-28(26)65(48,49)50)63(43,44)14-12-61-68(57,58)59/h1-10,15-17H,11-14,33-34H2,(H,45,46,47)(H,48,49,50)(H,51,52,53)(H,54,55,56)(H,57,58,59). The zero-order valence-corrected chi connectivity index (χ0v) is 39.0. The second-order valence-corrected chi connectivity index (χ2v) is 23.8. The first-order valence-corrected chi connectivity index (χ1v) is 27.9. The van der Waals surface area contributed by atoms with Gasteiger partial charge in [-0.1, -0.05) is 6.07 Å². The van der Waals surface area contributed by atoms with E-state index in [1.165, 1.54) is 6.07 Å². The SMILES string of the molecule is Nc1c(N=Nc2ccc(N=Nc3ccc(S(=O)(=O)CCOS(=O)(=O)O)cc3S(=O)(=O)O)c3cc(S(=O)(=O)O)ccc23)cc(S(=O)(=O)O)c(N)c1N=Nc1ccc(S(=O)(=O)CCOS(=O)(=O)O)cc1. The molecule has 5 aromatic carbocycles. The van der Waals surface area contributed by atoms with Gasteiger partial charge in [-0.3, -0.25) is 22.8 Å². The van der Waals surface area contributed by atoms with Crippen LogP contribution in [-0.2, 0) is 79.2 Å². The summed E-state index contributed by atoms with van der Waals surface area (Å²) in [7, 11) is -34.0. The fraction of sp³-hybridized carbons (Fsp3) is 0.125. The lowest BCUT2D eigenvalue weighted by Crippen LogP contribution is -2.16. The van der Waals surface area contributed by atoms with Crippen LogP contribution in [-0.4, -0.2) is 106 Å². The second-order valence-electron chi connectivity index (χ2n) is 13.2. The van der Waals surface area contributed by atoms with Crippen LogP contribution in [0, 0.1) is 0 Å². The lowest BCUT2D eigenvalue weighted by atomic mass is 10.1. The molecule has 0 aliphatic heterocycles. The summed E-state index contributed by atoms with van der Waals surface area (Å²) in [4.78, 5) is -3.91. The predicted octanol–water partition coefficient (Wildman–Crippen LogP) is 4.18. The average Bonchev–Trinajstić information content (AvgIpc) is 3.20. The number of sulfone groups is 2. The molecular weight excluding hydrogens is 1060 g/mol. The van der Waals surface area contributed by atoms with Crippen LogP contribution in [0.15, 0.2) is 134 Å². The van der Waals surface area contributed by atoms with Crippen molar-refractivity contribution in [3.63, 3.8) is 0 Å². The molecule has 0 aliphatic carbocycles. The van der Waals surface area contributed by atoms with E-state index >= 15 is 0 Å². The molecule has 0 aliphatic rings. The number of fused-ring (bicyclic) bond motifs is 1. The Labute approximate surface area is 385 Å². The number of nitrogens with two attached hydrogens (primary N) is 2. The van der Waals surface area contributed by atoms with Gasteiger partial charge >= 0.3 is 20.8 Å². The lowest BCUT2D eigenvalue weighted by molar-refractivity contribution is 0.282. The van der Waals surface area contributed by atoms with E-state index in [1.54, 1.807) is 0 Å². The Hall–Kier alpha value is -5.87. The van der Waals surface area contributed by atoms with E-state index < -0.39 is 144 Å². The number of nitrogen functional groups attached to an aromatic ring is 2. The van der Waals surface area contributed by atoms with Crippen LogP contribution in [0.2, 0.25) is 0 Å². The first-order valence-electron chi connectivity index (χ1n) is 17.6. The number of azo groups is 3. The van der Waals surface area contributed by atoms with Gasteiger partial charge in [-0.05, 0) is 72.8 Å². The first-order chi connectivity index (χ1) is 31.2. The van der Waals surface area contributed by atoms with Crippen LogP contribution < -0.4 is 11.5 Å². The van der Waals surface area contributed by atoms with Gasteiger partial charge in [-0.15, -0.1) is 25.6 Å². The Bertz CT molecular complexity index is 3760. The summed E-state index contributed by atoms with van der Waals surface area (Å²) in [5.74, 6) is -1.93. The highest BCUT2D eigenvalue weighted by Gasteiger charge is 2.25. The molecule has 0 amide bonds. The maximum absolute atomic E-state index is 12.7. The van der Waals surface area contributed by atoms with Crippen LogP contribution in [0.25, 0.3) is 10.8 Å². The molecule has 0 spiro atoms. The molecule has 29 nitrogen and oxygen atoms in total. The summed E-state index contributed by atoms with van der Waals surface area (Å²) in [6.07, 6.45) is 0. The summed E-state index contributed by atoms with van der Waals surface area (Å²) in [6, 6.07) is 12.2. The second kappa shape index (κ2) is 19.6. The van der Waals surface area contributed by atoms with Crippen LogP contribution >= 0.6 is 0 Å². The largest absolute Gasteiger partial charge is 0.397 e. The van der Waals surface area contributed by atoms with Crippen LogP contribution in [0.4, 0.5) is 45.5 Å². The Balaban J connectivity index is 1.55. The Morgan fingerprint density at radius 1 is 0.412 bits per heavy atom. The topological polar surface area (TPSA) is 485 Å². The van der Waals surface area contributed by atoms with Crippen molar-refractivity contribution in [2.75, 3.05) is 36.2 Å². The number of rotatable bonds is 19. The number of hydrogen-bond acceptors (Lipinski definition) is 24. The first kappa shape index (κ1) is 53.1. The molecule has 0 aromatic heterocycles. The molecule has 0 heterocycles. The molecule has 9 N–H and O–H groups in total. The third kappa shape index (κ3) is 13.6. The third-order valence-electron chi connectivity index (χ3n) is 8.57. The summed E-state index contributed by atoms with van der Waals surface area (Å²) >= 11 is 0. The van der Waals surface area contributed by atoms with Crippen molar-refractivity contribution in [1.82, 2.24) is 0 Å². The highest BCUT2D eigenvalue weighted by molar-refractivity contribution is 7.92. The zero-order valence-electron chi connectivity index (χ0n) is 33.3. The number of nitrogens with zero attached hydrogens (tertiary/aromatic N) is 6. The average molecular weight is 1090 g/mol. The van der Waals surface area contributed by atoms with Gasteiger partial charge in [-0.2, -0.15) is 47.2 Å². The molecule has 0 saturated carbocycles. The monoisotopic (exact) mass is 1090 g/mol. The van der Waals surface area contributed by atoms with Gasteiger partial charge in [0.2, 0.25) is 0 Å². The molecule has 0 radical (unpaired) electrons. The van der Waals surface area contributed by atoms with Crippen molar-refractivity contribution in [3.05, 3.63) is 78.9 Å². The summed E-state index contributed by atoms with van der Waals surface area (Å²) in [5, 5.41) is 23.1. The summed E-state index contributed by atoms with van der Waals surface area (Å²) in [5.41, 5.74) is 8.65. The minimum Gasteiger partial charge on any atom is -0.396 e. The fourth-order valence-electron chi connectivity index (χ4n) is 5.45. The molecule has 0 saturated heterocycles. The fourth-order valence-corrected chi connectivity index (χ4v) is 10.3. The number of hydrogen-bond donors (Lipinski definition) is 7. The maximum atomic E-state index is 12.7. The molecule has 0 bridgehead atoms. The van der Waals surface area contributed by atoms with Crippen molar-refractivity contribution in [2.45, 2.75) is 24.5 Å². The van der Waals surface area contributed by atoms with E-state index in [0.29, 0.717) is 12.1 Å². The van der Waals surface area contributed by atoms with E-state index in [1.807, 2.05) is 0 Å². The highest BCUT2D eigenvalue weighted by atomic mass is 32.3. The molecule has 366 valence electrons. The van der Waals surface area contributed by atoms with Crippen LogP contribution in [0.5, 0.6) is 0 Å². The van der Waals surface area contributed by atoms with Crippen molar-refractivity contribution < 1.29 is 90.1 Å². The number of benzene rings is 5. The third-order valence-corrected chi connectivity index (χ3v) is 15.5. The zero-order chi connectivity index (χ0) is 50.8. The van der Waals surface area contributed by atoms with Gasteiger partial charge in [0, 0.05) is 10.8 Å². The molecule has 5 rings (SSSR count). The van der Waals surface area contributed by atoms with Crippen molar-refractivity contribution in [3.8, 4) is 0 Å². The van der Waals surface area contributed by atoms with Crippen molar-refractivity contribution >= 4 is 127 Å². The summed E-state index contributed by atoms with van der Waals surface area (Å²) < 4.78 is 222. The Morgan fingerprint density at radius 3 is 1.38 bits per heavy atom. The normalized spacial score (nSPS) is 13.6. The van der Waals surface area contributed by atoms with Gasteiger partial charge in [0.1, 0.15) is 26.9 Å². The molecule has 0 unspecified atom stereocenters. The maximum Gasteiger partial charge on any atom is 0.397 e. The van der Waals surface area contributed by atoms with Gasteiger partial charge in [0.15, 0.2) is 19.7 Å². The van der Waals surface area contributed by atoms with Crippen LogP contribution in [0.3, 0.4) is 0 Å². The Morgan fingerprint density at radius 2 is 0.868 bits per heavy atom. The van der Waals surface area contributed by atoms with Gasteiger partial charge in [0.25, 0.3) is 30.4 Å². The smallest absolute Gasteiger partial charge is 0.396 e. The molecule has 5 aromatic rings. The van der Waals surface area contributed by atoms with Gasteiger partial charge in [0.05, 0.1) is 67.8 Å². The molecule has 0 fully saturated rings. The highest BCUT2D eigenvalue weighted by Crippen LogP contribution is 2.44. The molecule has 36 heteroatoms. The van der Waals surface area contributed by atoms with E-state index in [9.17, 15) is 72.6 Å². The van der Waals surface area contributed by atoms with Crippen molar-refractivity contribution in [1.29, 1.82) is 0 Å². The molecule has 0 atom stereocenters. The molecule has 68 heavy (non-hydrogen) atoms. The quantitative estimate of drug-likeness (QED) is 0.0346. The van der Waals surface area contributed by atoms with Gasteiger partial charge in [-0.25, -0.2) is 25.2 Å². The summed E-state index contributed by atoms with van der Waals surface area (Å²) in [6.45, 7) is -1.98. The minimum absolute atomic E-state index is 0.0403. The van der Waals surface area contributed by atoms with E-state index in [4.69, 9.17) is 20.6 Å². The van der Waals surface area contributed by atoms with E-state index in [0.717, 1.165) is 60.7 Å². The van der Waals surface area contributed by atoms with Gasteiger partial charge < -0.3 is 11.5 Å². The van der Waals surface area contributed by atoms with Crippen molar-refractivity contribution in [2.24, 2.45) is 30.7 Å².